The predicted octanol–water partition coefficient (Wildman–Crippen LogP) is 0.237. The third-order valence-electron chi connectivity index (χ3n) is 1.56. The summed E-state index contributed by atoms with van der Waals surface area (Å²) in [4.78, 5) is 10.9. The first-order valence-electron chi connectivity index (χ1n) is 3.21. The summed E-state index contributed by atoms with van der Waals surface area (Å²) in [5.41, 5.74) is 0. The Morgan fingerprint density at radius 2 is 2.56 bits per heavy atom. The average molecular weight is 145 g/mol. The Hall–Kier alpha value is -0.0200. The third kappa shape index (κ3) is 1.69. The molecule has 9 heavy (non-hydrogen) atoms. The summed E-state index contributed by atoms with van der Waals surface area (Å²) in [7, 11) is 0. The normalized spacial score (nSPS) is 28.6. The molecule has 0 aromatic rings. The number of nitrogens with one attached hydrogen (secondary N) is 1. The minimum atomic E-state index is 0.0297. The van der Waals surface area contributed by atoms with Crippen LogP contribution in [0.5, 0.6) is 0 Å². The average Bonchev–Trinajstić information content (AvgIpc) is 1.89. The maximum absolute atomic E-state index is 10.9. The maximum Gasteiger partial charge on any atom is 0.150 e. The number of carbonyl (C=O) groups excluding carboxylic acids is 1. The minimum Gasteiger partial charge on any atom is -0.307 e. The first-order valence-corrected chi connectivity index (χ1v) is 3.85. The van der Waals surface area contributed by atoms with Crippen molar-refractivity contribution in [2.45, 2.75) is 18.9 Å². The van der Waals surface area contributed by atoms with Gasteiger partial charge in [0.25, 0.3) is 0 Å². The molecule has 1 aliphatic rings. The van der Waals surface area contributed by atoms with E-state index in [1.807, 2.05) is 0 Å². The van der Waals surface area contributed by atoms with Gasteiger partial charge in [-0.05, 0) is 13.0 Å². The van der Waals surface area contributed by atoms with E-state index in [2.05, 4.69) is 17.9 Å². The van der Waals surface area contributed by atoms with Crippen molar-refractivity contribution in [1.29, 1.82) is 0 Å². The van der Waals surface area contributed by atoms with Crippen LogP contribution in [-0.2, 0) is 4.79 Å². The molecule has 0 aliphatic carbocycles. The Kier molecular flexibility index (Phi) is 2.54. The Balaban J connectivity index is 2.39. The second kappa shape index (κ2) is 3.22. The molecule has 0 radical (unpaired) electrons. The SMILES string of the molecule is O=C1CCCNC1CS. The molecule has 1 N–H and O–H groups in total. The van der Waals surface area contributed by atoms with Crippen molar-refractivity contribution in [2.75, 3.05) is 12.3 Å². The van der Waals surface area contributed by atoms with Crippen molar-refractivity contribution in [3.63, 3.8) is 0 Å². The standard InChI is InChI=1S/C6H11NOS/c8-6-2-1-3-7-5(6)4-9/h5,7,9H,1-4H2. The van der Waals surface area contributed by atoms with Crippen LogP contribution in [0.4, 0.5) is 0 Å². The first-order chi connectivity index (χ1) is 4.34. The topological polar surface area (TPSA) is 29.1 Å². The minimum absolute atomic E-state index is 0.0297. The van der Waals surface area contributed by atoms with E-state index in [1.165, 1.54) is 0 Å². The molecule has 1 atom stereocenters. The van der Waals surface area contributed by atoms with E-state index >= 15 is 0 Å². The fraction of sp³-hybridized carbons (Fsp3) is 0.833. The molecule has 1 unspecified atom stereocenters. The molecule has 2 nitrogen and oxygen atoms in total. The zero-order valence-corrected chi connectivity index (χ0v) is 6.16. The van der Waals surface area contributed by atoms with Crippen molar-refractivity contribution < 1.29 is 4.79 Å². The van der Waals surface area contributed by atoms with Crippen LogP contribution in [0.15, 0.2) is 0 Å². The summed E-state index contributed by atoms with van der Waals surface area (Å²) in [5, 5.41) is 3.09. The molecule has 1 fully saturated rings. The van der Waals surface area contributed by atoms with Gasteiger partial charge in [0.2, 0.25) is 0 Å². The fourth-order valence-corrected chi connectivity index (χ4v) is 1.33. The molecule has 1 rings (SSSR count). The number of carbonyl (C=O) groups is 1. The zero-order valence-electron chi connectivity index (χ0n) is 5.26. The number of Topliss-reactive ketones (excluding diaryl/α,β-unsaturated/α-hetero) is 1. The summed E-state index contributed by atoms with van der Waals surface area (Å²) in [6.07, 6.45) is 1.72. The van der Waals surface area contributed by atoms with Crippen molar-refractivity contribution >= 4 is 18.4 Å². The van der Waals surface area contributed by atoms with Gasteiger partial charge in [-0.15, -0.1) is 0 Å². The lowest BCUT2D eigenvalue weighted by molar-refractivity contribution is -0.121. The van der Waals surface area contributed by atoms with E-state index in [0.717, 1.165) is 19.4 Å². The zero-order chi connectivity index (χ0) is 6.69. The molecule has 3 heteroatoms. The highest BCUT2D eigenvalue weighted by atomic mass is 32.1. The van der Waals surface area contributed by atoms with E-state index in [9.17, 15) is 4.79 Å². The summed E-state index contributed by atoms with van der Waals surface area (Å²) in [6, 6.07) is 0.0297. The summed E-state index contributed by atoms with van der Waals surface area (Å²) >= 11 is 4.04. The van der Waals surface area contributed by atoms with Gasteiger partial charge in [-0.25, -0.2) is 0 Å². The van der Waals surface area contributed by atoms with Gasteiger partial charge >= 0.3 is 0 Å². The van der Waals surface area contributed by atoms with Crippen molar-refractivity contribution in [2.24, 2.45) is 0 Å². The van der Waals surface area contributed by atoms with Crippen LogP contribution in [0, 0.1) is 0 Å². The number of ketones is 1. The van der Waals surface area contributed by atoms with Crippen LogP contribution in [0.25, 0.3) is 0 Å². The molecule has 0 bridgehead atoms. The van der Waals surface area contributed by atoms with E-state index in [0.29, 0.717) is 11.5 Å². The van der Waals surface area contributed by atoms with Crippen LogP contribution in [0.2, 0.25) is 0 Å². The largest absolute Gasteiger partial charge is 0.307 e. The summed E-state index contributed by atoms with van der Waals surface area (Å²) < 4.78 is 0. The van der Waals surface area contributed by atoms with Crippen LogP contribution in [0.3, 0.4) is 0 Å². The monoisotopic (exact) mass is 145 g/mol. The number of thiol groups is 1. The van der Waals surface area contributed by atoms with Crippen molar-refractivity contribution in [3.05, 3.63) is 0 Å². The van der Waals surface area contributed by atoms with Gasteiger partial charge < -0.3 is 5.32 Å². The summed E-state index contributed by atoms with van der Waals surface area (Å²) in [5.74, 6) is 0.954. The van der Waals surface area contributed by atoms with E-state index < -0.39 is 0 Å². The van der Waals surface area contributed by atoms with Crippen LogP contribution in [-0.4, -0.2) is 24.1 Å². The van der Waals surface area contributed by atoms with Crippen LogP contribution in [0.1, 0.15) is 12.8 Å². The number of piperidine rings is 1. The Labute approximate surface area is 60.4 Å². The van der Waals surface area contributed by atoms with E-state index in [4.69, 9.17) is 0 Å². The second-order valence-corrected chi connectivity index (χ2v) is 2.62. The highest BCUT2D eigenvalue weighted by Gasteiger charge is 2.18. The number of rotatable bonds is 1. The first kappa shape index (κ1) is 7.09. The van der Waals surface area contributed by atoms with Gasteiger partial charge in [0.1, 0.15) is 0 Å². The number of hydrogen-bond acceptors (Lipinski definition) is 3. The fourth-order valence-electron chi connectivity index (χ4n) is 0.993. The molecule has 0 amide bonds. The molecule has 1 saturated heterocycles. The molecule has 52 valence electrons. The quantitative estimate of drug-likeness (QED) is 0.517. The van der Waals surface area contributed by atoms with Gasteiger partial charge in [0.15, 0.2) is 5.78 Å². The lowest BCUT2D eigenvalue weighted by atomic mass is 10.1. The predicted molar refractivity (Wildman–Crippen MR) is 39.9 cm³/mol. The lowest BCUT2D eigenvalue weighted by Gasteiger charge is -2.19. The molecule has 0 aromatic carbocycles. The molecular weight excluding hydrogens is 134 g/mol. The lowest BCUT2D eigenvalue weighted by Crippen LogP contribution is -2.42. The smallest absolute Gasteiger partial charge is 0.150 e. The van der Waals surface area contributed by atoms with Crippen LogP contribution >= 0.6 is 12.6 Å². The Morgan fingerprint density at radius 3 is 3.00 bits per heavy atom. The van der Waals surface area contributed by atoms with Gasteiger partial charge in [-0.1, -0.05) is 0 Å². The van der Waals surface area contributed by atoms with Gasteiger partial charge in [0.05, 0.1) is 6.04 Å². The number of hydrogen-bond donors (Lipinski definition) is 2. The maximum atomic E-state index is 10.9. The Morgan fingerprint density at radius 1 is 1.78 bits per heavy atom. The Bertz CT molecular complexity index is 116. The third-order valence-corrected chi connectivity index (χ3v) is 1.93. The van der Waals surface area contributed by atoms with Crippen molar-refractivity contribution in [1.82, 2.24) is 5.32 Å². The van der Waals surface area contributed by atoms with Crippen LogP contribution < -0.4 is 5.32 Å². The molecule has 0 saturated carbocycles. The summed E-state index contributed by atoms with van der Waals surface area (Å²) in [6.45, 7) is 0.969. The molecule has 1 aliphatic heterocycles. The highest BCUT2D eigenvalue weighted by Crippen LogP contribution is 2.03. The highest BCUT2D eigenvalue weighted by molar-refractivity contribution is 7.80. The molecule has 0 spiro atoms. The van der Waals surface area contributed by atoms with E-state index in [-0.39, 0.29) is 6.04 Å². The van der Waals surface area contributed by atoms with E-state index in [1.54, 1.807) is 0 Å². The second-order valence-electron chi connectivity index (χ2n) is 2.26. The van der Waals surface area contributed by atoms with Gasteiger partial charge in [-0.3, -0.25) is 4.79 Å². The molecule has 0 aromatic heterocycles. The van der Waals surface area contributed by atoms with Crippen molar-refractivity contribution in [3.8, 4) is 0 Å². The van der Waals surface area contributed by atoms with Gasteiger partial charge in [-0.2, -0.15) is 12.6 Å². The molecule has 1 heterocycles. The molecular formula is C6H11NOS. The van der Waals surface area contributed by atoms with Gasteiger partial charge in [0, 0.05) is 12.2 Å².